The summed E-state index contributed by atoms with van der Waals surface area (Å²) >= 11 is 0. The minimum Gasteiger partial charge on any atom is -0.370 e. The SMILES string of the molecule is NC(=NCc1nc(C(F)(F)F)n[nH]1)N1CCN(c2ncccn2)CC1. The Morgan fingerprint density at radius 1 is 1.20 bits per heavy atom. The standard InChI is InChI=1S/C13H16F3N9/c14-13(15,16)10-21-9(22-23-10)8-20-11(17)24-4-6-25(7-5-24)12-18-2-1-3-19-12/h1-3H,4-8H2,(H2,17,20)(H,21,22,23). The number of halogens is 3. The molecule has 134 valence electrons. The highest BCUT2D eigenvalue weighted by molar-refractivity contribution is 5.78. The highest BCUT2D eigenvalue weighted by Crippen LogP contribution is 2.25. The van der Waals surface area contributed by atoms with Crippen molar-refractivity contribution in [2.24, 2.45) is 10.7 Å². The van der Waals surface area contributed by atoms with Crippen LogP contribution in [0.1, 0.15) is 11.6 Å². The Kier molecular flexibility index (Phi) is 4.67. The molecule has 0 bridgehead atoms. The van der Waals surface area contributed by atoms with Crippen LogP contribution in [0.5, 0.6) is 0 Å². The van der Waals surface area contributed by atoms with Crippen LogP contribution in [0, 0.1) is 0 Å². The molecule has 1 aliphatic heterocycles. The molecule has 0 radical (unpaired) electrons. The summed E-state index contributed by atoms with van der Waals surface area (Å²) in [4.78, 5) is 19.7. The Morgan fingerprint density at radius 3 is 2.48 bits per heavy atom. The van der Waals surface area contributed by atoms with Crippen LogP contribution in [0.2, 0.25) is 0 Å². The molecule has 0 saturated carbocycles. The fourth-order valence-corrected chi connectivity index (χ4v) is 2.34. The zero-order chi connectivity index (χ0) is 17.9. The van der Waals surface area contributed by atoms with Gasteiger partial charge in [0.15, 0.2) is 5.96 Å². The fourth-order valence-electron chi connectivity index (χ4n) is 2.34. The molecule has 3 rings (SSSR count). The molecule has 1 aliphatic rings. The summed E-state index contributed by atoms with van der Waals surface area (Å²) in [6.45, 7) is 2.45. The molecule has 0 atom stereocenters. The van der Waals surface area contributed by atoms with Gasteiger partial charge < -0.3 is 15.5 Å². The lowest BCUT2D eigenvalue weighted by atomic mass is 10.3. The lowest BCUT2D eigenvalue weighted by Crippen LogP contribution is -2.51. The Hall–Kier alpha value is -2.92. The minimum atomic E-state index is -4.58. The van der Waals surface area contributed by atoms with Crippen LogP contribution < -0.4 is 10.6 Å². The van der Waals surface area contributed by atoms with E-state index in [1.165, 1.54) is 0 Å². The number of hydrogen-bond donors (Lipinski definition) is 2. The molecule has 0 aromatic carbocycles. The first-order valence-corrected chi connectivity index (χ1v) is 7.49. The number of hydrogen-bond acceptors (Lipinski definition) is 6. The number of aliphatic imine (C=N–C) groups is 1. The third-order valence-electron chi connectivity index (χ3n) is 3.61. The van der Waals surface area contributed by atoms with Gasteiger partial charge in [-0.2, -0.15) is 13.2 Å². The fraction of sp³-hybridized carbons (Fsp3) is 0.462. The third kappa shape index (κ3) is 4.14. The molecule has 12 heteroatoms. The van der Waals surface area contributed by atoms with Gasteiger partial charge in [-0.05, 0) is 6.07 Å². The Morgan fingerprint density at radius 2 is 1.88 bits per heavy atom. The zero-order valence-electron chi connectivity index (χ0n) is 13.1. The molecule has 25 heavy (non-hydrogen) atoms. The molecule has 9 nitrogen and oxygen atoms in total. The number of H-pyrrole nitrogens is 1. The second-order valence-corrected chi connectivity index (χ2v) is 5.30. The summed E-state index contributed by atoms with van der Waals surface area (Å²) in [6.07, 6.45) is -1.23. The van der Waals surface area contributed by atoms with Crippen LogP contribution >= 0.6 is 0 Å². The van der Waals surface area contributed by atoms with Crippen LogP contribution in [0.25, 0.3) is 0 Å². The van der Waals surface area contributed by atoms with E-state index in [1.54, 1.807) is 18.5 Å². The van der Waals surface area contributed by atoms with E-state index >= 15 is 0 Å². The van der Waals surface area contributed by atoms with E-state index in [0.29, 0.717) is 32.1 Å². The summed E-state index contributed by atoms with van der Waals surface area (Å²) in [6, 6.07) is 1.75. The Balaban J connectivity index is 1.54. The normalized spacial score (nSPS) is 16.4. The average Bonchev–Trinajstić information content (AvgIpc) is 3.10. The number of alkyl halides is 3. The summed E-state index contributed by atoms with van der Waals surface area (Å²) in [7, 11) is 0. The highest BCUT2D eigenvalue weighted by Gasteiger charge is 2.36. The molecule has 2 aromatic heterocycles. The molecule has 1 saturated heterocycles. The zero-order valence-corrected chi connectivity index (χ0v) is 13.1. The summed E-state index contributed by atoms with van der Waals surface area (Å²) in [5.74, 6) is -0.308. The number of rotatable bonds is 3. The van der Waals surface area contributed by atoms with Crippen LogP contribution in [0.15, 0.2) is 23.5 Å². The first kappa shape index (κ1) is 16.9. The van der Waals surface area contributed by atoms with E-state index in [9.17, 15) is 13.2 Å². The third-order valence-corrected chi connectivity index (χ3v) is 3.61. The smallest absolute Gasteiger partial charge is 0.370 e. The number of piperazine rings is 1. The first-order valence-electron chi connectivity index (χ1n) is 7.49. The largest absolute Gasteiger partial charge is 0.453 e. The van der Waals surface area contributed by atoms with Crippen LogP contribution in [-0.4, -0.2) is 62.2 Å². The van der Waals surface area contributed by atoms with Gasteiger partial charge in [-0.1, -0.05) is 0 Å². The summed E-state index contributed by atoms with van der Waals surface area (Å²) in [5.41, 5.74) is 5.91. The first-order chi connectivity index (χ1) is 11.9. The molecule has 1 fully saturated rings. The van der Waals surface area contributed by atoms with Gasteiger partial charge in [-0.3, -0.25) is 5.10 Å². The molecule has 0 aliphatic carbocycles. The molecular formula is C13H16F3N9. The van der Waals surface area contributed by atoms with Crippen molar-refractivity contribution in [3.63, 3.8) is 0 Å². The van der Waals surface area contributed by atoms with Crippen molar-refractivity contribution in [3.05, 3.63) is 30.1 Å². The quantitative estimate of drug-likeness (QED) is 0.599. The van der Waals surface area contributed by atoms with E-state index in [4.69, 9.17) is 5.73 Å². The van der Waals surface area contributed by atoms with Crippen molar-refractivity contribution in [1.82, 2.24) is 30.0 Å². The Labute approximate surface area is 140 Å². The van der Waals surface area contributed by atoms with E-state index in [2.05, 4.69) is 30.1 Å². The molecule has 0 spiro atoms. The predicted molar refractivity (Wildman–Crippen MR) is 82.5 cm³/mol. The van der Waals surface area contributed by atoms with Crippen LogP contribution in [0.4, 0.5) is 19.1 Å². The summed E-state index contributed by atoms with van der Waals surface area (Å²) < 4.78 is 37.3. The van der Waals surface area contributed by atoms with Crippen LogP contribution in [0.3, 0.4) is 0 Å². The van der Waals surface area contributed by atoms with Gasteiger partial charge in [-0.15, -0.1) is 5.10 Å². The maximum Gasteiger partial charge on any atom is 0.453 e. The predicted octanol–water partition coefficient (Wildman–Crippen LogP) is 0.250. The van der Waals surface area contributed by atoms with Crippen molar-refractivity contribution in [1.29, 1.82) is 0 Å². The van der Waals surface area contributed by atoms with Crippen molar-refractivity contribution < 1.29 is 13.2 Å². The van der Waals surface area contributed by atoms with E-state index in [1.807, 2.05) is 9.80 Å². The Bertz CT molecular complexity index is 720. The van der Waals surface area contributed by atoms with E-state index in [-0.39, 0.29) is 18.3 Å². The van der Waals surface area contributed by atoms with Crippen molar-refractivity contribution in [2.75, 3.05) is 31.1 Å². The van der Waals surface area contributed by atoms with Gasteiger partial charge in [0.2, 0.25) is 5.95 Å². The lowest BCUT2D eigenvalue weighted by Gasteiger charge is -2.35. The van der Waals surface area contributed by atoms with Crippen molar-refractivity contribution in [3.8, 4) is 0 Å². The van der Waals surface area contributed by atoms with Gasteiger partial charge in [0.1, 0.15) is 12.4 Å². The molecule has 0 amide bonds. The highest BCUT2D eigenvalue weighted by atomic mass is 19.4. The average molecular weight is 355 g/mol. The van der Waals surface area contributed by atoms with Gasteiger partial charge in [0, 0.05) is 38.6 Å². The monoisotopic (exact) mass is 355 g/mol. The molecule has 2 aromatic rings. The molecule has 0 unspecified atom stereocenters. The number of nitrogens with two attached hydrogens (primary N) is 1. The van der Waals surface area contributed by atoms with E-state index < -0.39 is 12.0 Å². The van der Waals surface area contributed by atoms with Gasteiger partial charge in [0.25, 0.3) is 5.82 Å². The number of anilines is 1. The molecular weight excluding hydrogens is 339 g/mol. The topological polar surface area (TPSA) is 112 Å². The van der Waals surface area contributed by atoms with Crippen LogP contribution in [-0.2, 0) is 12.7 Å². The van der Waals surface area contributed by atoms with Gasteiger partial charge in [0.05, 0.1) is 0 Å². The van der Waals surface area contributed by atoms with Gasteiger partial charge >= 0.3 is 6.18 Å². The lowest BCUT2D eigenvalue weighted by molar-refractivity contribution is -0.144. The number of aromatic nitrogens is 5. The number of nitrogens with zero attached hydrogens (tertiary/aromatic N) is 7. The summed E-state index contributed by atoms with van der Waals surface area (Å²) in [5, 5.41) is 5.33. The second-order valence-electron chi connectivity index (χ2n) is 5.30. The maximum atomic E-state index is 12.4. The molecule has 3 N–H and O–H groups in total. The van der Waals surface area contributed by atoms with Crippen molar-refractivity contribution in [2.45, 2.75) is 12.7 Å². The maximum absolute atomic E-state index is 12.4. The number of aromatic amines is 1. The second kappa shape index (κ2) is 6.91. The number of guanidine groups is 1. The van der Waals surface area contributed by atoms with E-state index in [0.717, 1.165) is 0 Å². The minimum absolute atomic E-state index is 0.00611. The molecule has 3 heterocycles. The number of nitrogens with one attached hydrogen (secondary N) is 1. The van der Waals surface area contributed by atoms with Crippen molar-refractivity contribution >= 4 is 11.9 Å². The van der Waals surface area contributed by atoms with Gasteiger partial charge in [-0.25, -0.2) is 19.9 Å².